The summed E-state index contributed by atoms with van der Waals surface area (Å²) in [5.74, 6) is 3.05. The second-order valence-electron chi connectivity index (χ2n) is 9.16. The Hall–Kier alpha value is -1.92. The molecule has 1 aromatic carbocycles. The highest BCUT2D eigenvalue weighted by Gasteiger charge is 2.48. The van der Waals surface area contributed by atoms with Crippen LogP contribution in [0, 0.1) is 23.7 Å². The molecule has 0 amide bonds. The summed E-state index contributed by atoms with van der Waals surface area (Å²) in [5, 5.41) is 8.36. The number of hydrogen-bond donors (Lipinski definition) is 2. The maximum absolute atomic E-state index is 12.4. The molecular weight excluding hydrogens is 412 g/mol. The molecule has 0 saturated heterocycles. The molecule has 2 N–H and O–H groups in total. The van der Waals surface area contributed by atoms with Gasteiger partial charge in [0, 0.05) is 17.3 Å². The van der Waals surface area contributed by atoms with Crippen molar-refractivity contribution in [3.05, 3.63) is 52.4 Å². The van der Waals surface area contributed by atoms with Crippen molar-refractivity contribution in [1.82, 2.24) is 5.32 Å². The molecule has 6 rings (SSSR count). The fraction of sp³-hybridized carbons (Fsp3) is 0.500. The van der Waals surface area contributed by atoms with Gasteiger partial charge in [-0.15, -0.1) is 11.3 Å². The number of nitrogens with one attached hydrogen (secondary N) is 2. The predicted molar refractivity (Wildman–Crippen MR) is 125 cm³/mol. The quantitative estimate of drug-likeness (QED) is 0.492. The van der Waals surface area contributed by atoms with E-state index in [0.717, 1.165) is 40.0 Å². The number of anilines is 1. The molecule has 4 aliphatic carbocycles. The van der Waals surface area contributed by atoms with Gasteiger partial charge >= 0.3 is 5.97 Å². The average molecular weight is 441 g/mol. The van der Waals surface area contributed by atoms with Gasteiger partial charge in [0.25, 0.3) is 0 Å². The minimum atomic E-state index is -0.328. The number of benzene rings is 1. The Morgan fingerprint density at radius 2 is 1.77 bits per heavy atom. The van der Waals surface area contributed by atoms with Gasteiger partial charge in [-0.25, -0.2) is 4.79 Å². The van der Waals surface area contributed by atoms with E-state index in [-0.39, 0.29) is 5.97 Å². The number of hydrogen-bond acceptors (Lipinski definition) is 4. The van der Waals surface area contributed by atoms with Gasteiger partial charge in [-0.1, -0.05) is 30.3 Å². The normalized spacial score (nSPS) is 28.9. The number of carbonyl (C=O) groups excluding carboxylic acids is 1. The first-order chi connectivity index (χ1) is 14.6. The van der Waals surface area contributed by atoms with Crippen LogP contribution in [0.15, 0.2) is 36.4 Å². The van der Waals surface area contributed by atoms with Crippen LogP contribution in [-0.4, -0.2) is 24.2 Å². The van der Waals surface area contributed by atoms with E-state index in [1.165, 1.54) is 44.8 Å². The Balaban J connectivity index is 1.29. The fourth-order valence-electron chi connectivity index (χ4n) is 6.13. The molecule has 30 heavy (non-hydrogen) atoms. The highest BCUT2D eigenvalue weighted by Crippen LogP contribution is 2.53. The number of esters is 1. The molecule has 4 aliphatic rings. The average Bonchev–Trinajstić information content (AvgIpc) is 3.12. The van der Waals surface area contributed by atoms with Crippen molar-refractivity contribution in [2.45, 2.75) is 44.6 Å². The van der Waals surface area contributed by atoms with Crippen LogP contribution in [0.2, 0.25) is 0 Å². The molecule has 4 saturated carbocycles. The minimum absolute atomic E-state index is 0.328. The lowest BCUT2D eigenvalue weighted by Gasteiger charge is -2.54. The molecule has 1 heterocycles. The molecule has 0 radical (unpaired) electrons. The third-order valence-electron chi connectivity index (χ3n) is 7.16. The van der Waals surface area contributed by atoms with Gasteiger partial charge in [0.15, 0.2) is 5.11 Å². The number of rotatable bonds is 5. The van der Waals surface area contributed by atoms with Crippen LogP contribution in [0.3, 0.4) is 0 Å². The standard InChI is InChI=1S/C24H28N2O2S2/c1-28-23(27)20-13-19(12-14-5-3-2-4-6-14)30-22(20)26-24(29)25-21-17-8-15-7-16(10-17)11-18(21)9-15/h2-6,13,15-18,21H,7-12H2,1H3,(H2,25,26,29). The largest absolute Gasteiger partial charge is 0.465 e. The zero-order valence-electron chi connectivity index (χ0n) is 17.2. The van der Waals surface area contributed by atoms with Crippen molar-refractivity contribution in [3.8, 4) is 0 Å². The topological polar surface area (TPSA) is 50.4 Å². The molecule has 2 aromatic rings. The van der Waals surface area contributed by atoms with Crippen molar-refractivity contribution in [2.75, 3.05) is 12.4 Å². The Labute approximate surface area is 187 Å². The van der Waals surface area contributed by atoms with Gasteiger partial charge in [-0.2, -0.15) is 0 Å². The highest BCUT2D eigenvalue weighted by molar-refractivity contribution is 7.80. The summed E-state index contributed by atoms with van der Waals surface area (Å²) in [6, 6.07) is 12.7. The zero-order valence-corrected chi connectivity index (χ0v) is 18.9. The van der Waals surface area contributed by atoms with E-state index in [9.17, 15) is 4.79 Å². The van der Waals surface area contributed by atoms with Crippen LogP contribution < -0.4 is 10.6 Å². The molecule has 0 atom stereocenters. The minimum Gasteiger partial charge on any atom is -0.465 e. The first kappa shape index (κ1) is 20.0. The van der Waals surface area contributed by atoms with E-state index < -0.39 is 0 Å². The van der Waals surface area contributed by atoms with Crippen molar-refractivity contribution in [3.63, 3.8) is 0 Å². The van der Waals surface area contributed by atoms with E-state index in [2.05, 4.69) is 22.8 Å². The van der Waals surface area contributed by atoms with E-state index in [1.54, 1.807) is 11.3 Å². The molecule has 1 aromatic heterocycles. The fourth-order valence-corrected chi connectivity index (χ4v) is 7.52. The second kappa shape index (κ2) is 8.31. The second-order valence-corrected chi connectivity index (χ2v) is 10.7. The summed E-state index contributed by atoms with van der Waals surface area (Å²) in [5.41, 5.74) is 1.78. The third-order valence-corrected chi connectivity index (χ3v) is 8.43. The van der Waals surface area contributed by atoms with Crippen LogP contribution in [0.1, 0.15) is 52.9 Å². The number of thiocarbonyl (C=S) groups is 1. The lowest BCUT2D eigenvalue weighted by molar-refractivity contribution is -0.00665. The van der Waals surface area contributed by atoms with E-state index in [4.69, 9.17) is 17.0 Å². The van der Waals surface area contributed by atoms with Crippen molar-refractivity contribution < 1.29 is 9.53 Å². The Kier molecular flexibility index (Phi) is 5.54. The SMILES string of the molecule is COC(=O)c1cc(Cc2ccccc2)sc1NC(=S)NC1C2CC3CC(C2)CC1C3. The number of methoxy groups -OCH3 is 1. The first-order valence-corrected chi connectivity index (χ1v) is 12.1. The molecule has 4 fully saturated rings. The van der Waals surface area contributed by atoms with Crippen LogP contribution >= 0.6 is 23.6 Å². The summed E-state index contributed by atoms with van der Waals surface area (Å²) in [7, 11) is 1.42. The van der Waals surface area contributed by atoms with E-state index in [1.807, 2.05) is 24.3 Å². The molecule has 4 nitrogen and oxygen atoms in total. The van der Waals surface area contributed by atoms with Gasteiger partial charge in [0.2, 0.25) is 0 Å². The van der Waals surface area contributed by atoms with Crippen LogP contribution in [0.4, 0.5) is 5.00 Å². The van der Waals surface area contributed by atoms with Gasteiger partial charge in [-0.3, -0.25) is 0 Å². The number of thiophene rings is 1. The van der Waals surface area contributed by atoms with Crippen LogP contribution in [0.25, 0.3) is 0 Å². The molecule has 158 valence electrons. The Bertz CT molecular complexity index is 912. The van der Waals surface area contributed by atoms with Gasteiger partial charge in [0.1, 0.15) is 5.00 Å². The molecular formula is C24H28N2O2S2. The Morgan fingerprint density at radius 3 is 2.40 bits per heavy atom. The summed E-state index contributed by atoms with van der Waals surface area (Å²) in [6.07, 6.45) is 7.63. The molecule has 6 heteroatoms. The highest BCUT2D eigenvalue weighted by atomic mass is 32.1. The Morgan fingerprint density at radius 1 is 1.10 bits per heavy atom. The smallest absolute Gasteiger partial charge is 0.340 e. The maximum Gasteiger partial charge on any atom is 0.340 e. The van der Waals surface area contributed by atoms with E-state index >= 15 is 0 Å². The molecule has 0 aliphatic heterocycles. The zero-order chi connectivity index (χ0) is 20.7. The molecule has 0 unspecified atom stereocenters. The van der Waals surface area contributed by atoms with Crippen molar-refractivity contribution >= 4 is 39.6 Å². The summed E-state index contributed by atoms with van der Waals surface area (Å²) in [6.45, 7) is 0. The van der Waals surface area contributed by atoms with Gasteiger partial charge in [-0.05, 0) is 79.6 Å². The van der Waals surface area contributed by atoms with Gasteiger partial charge in [0.05, 0.1) is 12.7 Å². The summed E-state index contributed by atoms with van der Waals surface area (Å²) < 4.78 is 5.01. The summed E-state index contributed by atoms with van der Waals surface area (Å²) in [4.78, 5) is 13.5. The third kappa shape index (κ3) is 4.00. The lowest BCUT2D eigenvalue weighted by atomic mass is 9.54. The molecule has 0 spiro atoms. The number of ether oxygens (including phenoxy) is 1. The number of carbonyl (C=O) groups is 1. The van der Waals surface area contributed by atoms with Crippen molar-refractivity contribution in [2.24, 2.45) is 23.7 Å². The van der Waals surface area contributed by atoms with Gasteiger partial charge < -0.3 is 15.4 Å². The van der Waals surface area contributed by atoms with Crippen LogP contribution in [0.5, 0.6) is 0 Å². The maximum atomic E-state index is 12.4. The van der Waals surface area contributed by atoms with Crippen molar-refractivity contribution in [1.29, 1.82) is 0 Å². The monoisotopic (exact) mass is 440 g/mol. The first-order valence-electron chi connectivity index (χ1n) is 10.9. The van der Waals surface area contributed by atoms with Crippen LogP contribution in [-0.2, 0) is 11.2 Å². The lowest BCUT2D eigenvalue weighted by Crippen LogP contribution is -2.56. The summed E-state index contributed by atoms with van der Waals surface area (Å²) >= 11 is 7.27. The van der Waals surface area contributed by atoms with E-state index in [0.29, 0.717) is 16.7 Å². The predicted octanol–water partition coefficient (Wildman–Crippen LogP) is 5.24. The molecule has 4 bridgehead atoms.